The Morgan fingerprint density at radius 1 is 1.27 bits per heavy atom. The van der Waals surface area contributed by atoms with Crippen molar-refractivity contribution >= 4 is 11.8 Å². The van der Waals surface area contributed by atoms with Crippen molar-refractivity contribution in [2.45, 2.75) is 26.7 Å². The molecule has 1 aliphatic carbocycles. The molecule has 1 aliphatic rings. The van der Waals surface area contributed by atoms with E-state index in [1.54, 1.807) is 13.8 Å². The largest absolute Gasteiger partial charge is 0.500 e. The standard InChI is InChI=1S/C11H16O4/c1-3-14-7-9(11(13)15-4-2)10(12)8-5-6-8/h7-8H,3-6H2,1-2H3. The molecule has 0 bridgehead atoms. The van der Waals surface area contributed by atoms with Crippen molar-refractivity contribution < 1.29 is 19.1 Å². The second-order valence-electron chi connectivity index (χ2n) is 3.35. The highest BCUT2D eigenvalue weighted by atomic mass is 16.5. The predicted octanol–water partition coefficient (Wildman–Crippen LogP) is 1.45. The quantitative estimate of drug-likeness (QED) is 0.220. The number of carbonyl (C=O) groups excluding carboxylic acids is 2. The van der Waals surface area contributed by atoms with Gasteiger partial charge in [-0.1, -0.05) is 0 Å². The summed E-state index contributed by atoms with van der Waals surface area (Å²) in [5.41, 5.74) is 0.0428. The fourth-order valence-electron chi connectivity index (χ4n) is 1.15. The third-order valence-electron chi connectivity index (χ3n) is 2.08. The van der Waals surface area contributed by atoms with Crippen LogP contribution in [0.3, 0.4) is 0 Å². The van der Waals surface area contributed by atoms with Gasteiger partial charge in [-0.05, 0) is 26.7 Å². The minimum absolute atomic E-state index is 0.00103. The molecule has 84 valence electrons. The summed E-state index contributed by atoms with van der Waals surface area (Å²) in [5, 5.41) is 0. The van der Waals surface area contributed by atoms with Crippen LogP contribution in [-0.2, 0) is 19.1 Å². The fraction of sp³-hybridized carbons (Fsp3) is 0.636. The summed E-state index contributed by atoms with van der Waals surface area (Å²) in [6, 6.07) is 0. The van der Waals surface area contributed by atoms with Gasteiger partial charge in [0, 0.05) is 5.92 Å². The van der Waals surface area contributed by atoms with Crippen molar-refractivity contribution in [3.05, 3.63) is 11.8 Å². The van der Waals surface area contributed by atoms with Gasteiger partial charge in [0.25, 0.3) is 0 Å². The molecule has 0 aromatic carbocycles. The molecule has 0 unspecified atom stereocenters. The normalized spacial score (nSPS) is 16.0. The van der Waals surface area contributed by atoms with Crippen molar-refractivity contribution in [2.75, 3.05) is 13.2 Å². The number of Topliss-reactive ketones (excluding diaryl/α,β-unsaturated/α-hetero) is 1. The van der Waals surface area contributed by atoms with Crippen molar-refractivity contribution in [3.8, 4) is 0 Å². The average molecular weight is 212 g/mol. The van der Waals surface area contributed by atoms with Gasteiger partial charge in [0.1, 0.15) is 11.8 Å². The second kappa shape index (κ2) is 5.53. The summed E-state index contributed by atoms with van der Waals surface area (Å²) in [5.74, 6) is -0.731. The maximum Gasteiger partial charge on any atom is 0.344 e. The smallest absolute Gasteiger partial charge is 0.344 e. The molecule has 0 N–H and O–H groups in total. The van der Waals surface area contributed by atoms with Crippen molar-refractivity contribution in [1.82, 2.24) is 0 Å². The van der Waals surface area contributed by atoms with E-state index in [4.69, 9.17) is 9.47 Å². The summed E-state index contributed by atoms with van der Waals surface area (Å²) < 4.78 is 9.77. The minimum atomic E-state index is -0.581. The molecule has 0 amide bonds. The number of hydrogen-bond donors (Lipinski definition) is 0. The summed E-state index contributed by atoms with van der Waals surface area (Å²) in [6.07, 6.45) is 2.95. The Morgan fingerprint density at radius 2 is 1.93 bits per heavy atom. The van der Waals surface area contributed by atoms with Crippen LogP contribution in [0.5, 0.6) is 0 Å². The number of ketones is 1. The number of hydrogen-bond acceptors (Lipinski definition) is 4. The van der Waals surface area contributed by atoms with E-state index in [1.165, 1.54) is 6.26 Å². The van der Waals surface area contributed by atoms with E-state index < -0.39 is 5.97 Å². The number of carbonyl (C=O) groups is 2. The lowest BCUT2D eigenvalue weighted by Gasteiger charge is -2.05. The molecule has 0 aromatic rings. The van der Waals surface area contributed by atoms with E-state index in [0.717, 1.165) is 12.8 Å². The SMILES string of the molecule is CCOC=C(C(=O)OCC)C(=O)C1CC1. The maximum atomic E-state index is 11.7. The van der Waals surface area contributed by atoms with E-state index in [2.05, 4.69) is 0 Å². The van der Waals surface area contributed by atoms with E-state index in [1.807, 2.05) is 0 Å². The topological polar surface area (TPSA) is 52.6 Å². The predicted molar refractivity (Wildman–Crippen MR) is 54.1 cm³/mol. The molecule has 0 aliphatic heterocycles. The number of esters is 1. The first kappa shape index (κ1) is 11.8. The first-order chi connectivity index (χ1) is 7.20. The van der Waals surface area contributed by atoms with Crippen molar-refractivity contribution in [2.24, 2.45) is 5.92 Å². The van der Waals surface area contributed by atoms with Crippen LogP contribution in [-0.4, -0.2) is 25.0 Å². The fourth-order valence-corrected chi connectivity index (χ4v) is 1.15. The lowest BCUT2D eigenvalue weighted by atomic mass is 10.1. The minimum Gasteiger partial charge on any atom is -0.500 e. The molecule has 15 heavy (non-hydrogen) atoms. The molecule has 0 spiro atoms. The summed E-state index contributed by atoms with van der Waals surface area (Å²) in [7, 11) is 0. The molecule has 0 atom stereocenters. The highest BCUT2D eigenvalue weighted by molar-refractivity contribution is 6.18. The zero-order valence-electron chi connectivity index (χ0n) is 9.12. The molecule has 1 rings (SSSR count). The Hall–Kier alpha value is -1.32. The molecule has 4 heteroatoms. The third kappa shape index (κ3) is 3.38. The summed E-state index contributed by atoms with van der Waals surface area (Å²) in [6.45, 7) is 4.19. The molecular weight excluding hydrogens is 196 g/mol. The molecule has 1 fully saturated rings. The highest BCUT2D eigenvalue weighted by Crippen LogP contribution is 2.32. The van der Waals surface area contributed by atoms with E-state index in [0.29, 0.717) is 6.61 Å². The van der Waals surface area contributed by atoms with Gasteiger partial charge < -0.3 is 9.47 Å². The van der Waals surface area contributed by atoms with Gasteiger partial charge in [-0.3, -0.25) is 4.79 Å². The Kier molecular flexibility index (Phi) is 4.34. The highest BCUT2D eigenvalue weighted by Gasteiger charge is 2.35. The zero-order valence-corrected chi connectivity index (χ0v) is 9.12. The number of ether oxygens (including phenoxy) is 2. The number of rotatable bonds is 6. The van der Waals surface area contributed by atoms with Gasteiger partial charge in [0.05, 0.1) is 13.2 Å². The van der Waals surface area contributed by atoms with Gasteiger partial charge in [-0.25, -0.2) is 4.79 Å². The van der Waals surface area contributed by atoms with Crippen LogP contribution < -0.4 is 0 Å². The monoisotopic (exact) mass is 212 g/mol. The van der Waals surface area contributed by atoms with Gasteiger partial charge >= 0.3 is 5.97 Å². The zero-order chi connectivity index (χ0) is 11.3. The van der Waals surface area contributed by atoms with Crippen molar-refractivity contribution in [3.63, 3.8) is 0 Å². The van der Waals surface area contributed by atoms with Crippen LogP contribution in [0.25, 0.3) is 0 Å². The van der Waals surface area contributed by atoms with E-state index in [-0.39, 0.29) is 23.9 Å². The first-order valence-corrected chi connectivity index (χ1v) is 5.23. The Bertz CT molecular complexity index is 276. The van der Waals surface area contributed by atoms with Gasteiger partial charge in [0.15, 0.2) is 5.78 Å². The van der Waals surface area contributed by atoms with Crippen LogP contribution >= 0.6 is 0 Å². The van der Waals surface area contributed by atoms with Crippen LogP contribution in [0, 0.1) is 5.92 Å². The lowest BCUT2D eigenvalue weighted by molar-refractivity contribution is -0.140. The first-order valence-electron chi connectivity index (χ1n) is 5.23. The van der Waals surface area contributed by atoms with Crippen LogP contribution in [0.2, 0.25) is 0 Å². The van der Waals surface area contributed by atoms with Crippen molar-refractivity contribution in [1.29, 1.82) is 0 Å². The summed E-state index contributed by atoms with van der Waals surface area (Å²) in [4.78, 5) is 23.1. The molecular formula is C11H16O4. The third-order valence-corrected chi connectivity index (χ3v) is 2.08. The maximum absolute atomic E-state index is 11.7. The van der Waals surface area contributed by atoms with Gasteiger partial charge in [0.2, 0.25) is 0 Å². The Morgan fingerprint density at radius 3 is 2.40 bits per heavy atom. The van der Waals surface area contributed by atoms with Crippen LogP contribution in [0.1, 0.15) is 26.7 Å². The Balaban J connectivity index is 2.67. The second-order valence-corrected chi connectivity index (χ2v) is 3.35. The van der Waals surface area contributed by atoms with E-state index >= 15 is 0 Å². The average Bonchev–Trinajstić information content (AvgIpc) is 3.01. The molecule has 0 radical (unpaired) electrons. The van der Waals surface area contributed by atoms with Gasteiger partial charge in [-0.2, -0.15) is 0 Å². The van der Waals surface area contributed by atoms with Crippen LogP contribution in [0.4, 0.5) is 0 Å². The van der Waals surface area contributed by atoms with Crippen LogP contribution in [0.15, 0.2) is 11.8 Å². The molecule has 4 nitrogen and oxygen atoms in total. The summed E-state index contributed by atoms with van der Waals surface area (Å²) >= 11 is 0. The molecule has 0 saturated heterocycles. The molecule has 0 heterocycles. The van der Waals surface area contributed by atoms with E-state index in [9.17, 15) is 9.59 Å². The lowest BCUT2D eigenvalue weighted by Crippen LogP contribution is -2.17. The molecule has 0 aromatic heterocycles. The molecule has 1 saturated carbocycles. The Labute approximate surface area is 89.2 Å². The van der Waals surface area contributed by atoms with Gasteiger partial charge in [-0.15, -0.1) is 0 Å².